The molecule has 0 amide bonds. The van der Waals surface area contributed by atoms with E-state index in [2.05, 4.69) is 0 Å². The Labute approximate surface area is 170 Å². The Morgan fingerprint density at radius 1 is 0.562 bits per heavy atom. The first-order chi connectivity index (χ1) is 7.89. The molecule has 16 heavy (non-hydrogen) atoms. The van der Waals surface area contributed by atoms with E-state index in [1.165, 1.54) is 0 Å². The van der Waals surface area contributed by atoms with Gasteiger partial charge in [0.1, 0.15) is 0 Å². The summed E-state index contributed by atoms with van der Waals surface area (Å²) in [6.45, 7) is 0. The predicted octanol–water partition coefficient (Wildman–Crippen LogP) is -0.666. The zero-order valence-electron chi connectivity index (χ0n) is 6.62. The van der Waals surface area contributed by atoms with E-state index < -0.39 is 9.17 Å². The van der Waals surface area contributed by atoms with Crippen LogP contribution in [0.5, 0.6) is 0 Å². The van der Waals surface area contributed by atoms with Crippen LogP contribution in [0, 0.1) is 0 Å². The van der Waals surface area contributed by atoms with E-state index in [1.54, 1.807) is 0 Å². The Morgan fingerprint density at radius 3 is 1.25 bits per heavy atom. The Morgan fingerprint density at radius 2 is 0.875 bits per heavy atom. The van der Waals surface area contributed by atoms with E-state index in [1.807, 2.05) is 0 Å². The van der Waals surface area contributed by atoms with Crippen LogP contribution in [0.4, 0.5) is 0 Å². The van der Waals surface area contributed by atoms with Crippen LogP contribution in [-0.2, 0) is 168 Å². The second-order valence-electron chi connectivity index (χ2n) is 1.23. The molecule has 0 N–H and O–H groups in total. The summed E-state index contributed by atoms with van der Waals surface area (Å²) in [5.41, 5.74) is 0. The molecule has 1 rings (SSSR count). The average Bonchev–Trinajstić information content (AvgIpc) is 2.29. The van der Waals surface area contributed by atoms with Crippen molar-refractivity contribution in [3.05, 3.63) is 0 Å². The summed E-state index contributed by atoms with van der Waals surface area (Å²) < 4.78 is 22.5. The Balaban J connectivity index is 2.13. The number of hydrogen-bond donors (Lipinski definition) is 0. The molecule has 0 bridgehead atoms. The van der Waals surface area contributed by atoms with Crippen LogP contribution in [-0.4, -0.2) is 9.17 Å². The minimum atomic E-state index is -1.91. The van der Waals surface area contributed by atoms with Crippen molar-refractivity contribution in [2.75, 3.05) is 0 Å². The summed E-state index contributed by atoms with van der Waals surface area (Å²) >= 11 is 6.14. The van der Waals surface area contributed by atoms with E-state index >= 15 is 0 Å². The molecule has 0 aromatic heterocycles. The number of rotatable bonds is 0. The molecule has 0 atom stereocenters. The normalized spacial score (nSPS) is 22.4. The molecule has 1 saturated heterocycles. The number of hydrogen-bond acceptors (Lipinski definition) is 3. The van der Waals surface area contributed by atoms with Crippen LogP contribution >= 0.6 is 0 Å². The molecule has 0 radical (unpaired) electrons. The van der Waals surface area contributed by atoms with Crippen LogP contribution in [0.25, 0.3) is 0 Å². The van der Waals surface area contributed by atoms with Crippen molar-refractivity contribution in [3.8, 4) is 0 Å². The van der Waals surface area contributed by atoms with Gasteiger partial charge in [-0.3, -0.25) is 0 Å². The molecular formula is Mo12O3Si. The van der Waals surface area contributed by atoms with Crippen molar-refractivity contribution in [1.29, 1.82) is 0 Å². The summed E-state index contributed by atoms with van der Waals surface area (Å²) in [4.78, 5) is 0. The van der Waals surface area contributed by atoms with Crippen LogP contribution in [0.1, 0.15) is 0 Å². The molecule has 16 heteroatoms. The van der Waals surface area contributed by atoms with Gasteiger partial charge in [0.05, 0.1) is 0 Å². The molecule has 0 aliphatic carbocycles. The van der Waals surface area contributed by atoms with Gasteiger partial charge in [-0.05, 0) is 0 Å². The zero-order chi connectivity index (χ0) is 11.5. The zero-order valence-corrected chi connectivity index (χ0v) is 31.7. The van der Waals surface area contributed by atoms with Gasteiger partial charge >= 0.3 is 177 Å². The van der Waals surface area contributed by atoms with Crippen molar-refractivity contribution >= 4 is 9.17 Å². The van der Waals surface area contributed by atoms with Gasteiger partial charge in [-0.15, -0.1) is 0 Å². The SMILES string of the molecule is O=[Si]1[O][Mo][Mo][Mo][Mo][Mo][Mo][Mo][Mo][Mo][Mo][Mo][Mo][O]1. The van der Waals surface area contributed by atoms with Gasteiger partial charge in [0.25, 0.3) is 0 Å². The maximum absolute atomic E-state index is 11.4. The van der Waals surface area contributed by atoms with Crippen molar-refractivity contribution < 1.29 is 168 Å². The second kappa shape index (κ2) is 17.7. The Kier molecular flexibility index (Phi) is 24.2. The molecule has 0 saturated carbocycles. The first-order valence-corrected chi connectivity index (χ1v) is 68.0. The molecule has 3 nitrogen and oxygen atoms in total. The monoisotopic (exact) mass is 1250 g/mol. The second-order valence-corrected chi connectivity index (χ2v) is 149. The third kappa shape index (κ3) is 15.4. The molecule has 1 aliphatic heterocycles. The van der Waals surface area contributed by atoms with Crippen molar-refractivity contribution in [1.82, 2.24) is 0 Å². The molecule has 1 fully saturated rings. The third-order valence-electron chi connectivity index (χ3n) is 0.510. The summed E-state index contributed by atoms with van der Waals surface area (Å²) in [6, 6.07) is 0. The standard InChI is InChI=1S/12Mo.O3Si/c;;;;;;;;;;;;1-4(2)3/q;;;;;;;;;;2*+1;-2. The molecule has 1 heterocycles. The van der Waals surface area contributed by atoms with E-state index in [0.717, 1.165) is 50.3 Å². The average molecular weight is 1230 g/mol. The molecule has 0 aromatic carbocycles. The van der Waals surface area contributed by atoms with Crippen molar-refractivity contribution in [2.24, 2.45) is 0 Å². The topological polar surface area (TPSA) is 35.5 Å². The van der Waals surface area contributed by atoms with Gasteiger partial charge in [0.15, 0.2) is 0 Å². The summed E-state index contributed by atoms with van der Waals surface area (Å²) in [5, 5.41) is 0. The van der Waals surface area contributed by atoms with Gasteiger partial charge in [-0.25, -0.2) is 0 Å². The third-order valence-corrected chi connectivity index (χ3v) is 327. The van der Waals surface area contributed by atoms with Crippen molar-refractivity contribution in [2.45, 2.75) is 0 Å². The van der Waals surface area contributed by atoms with Gasteiger partial charge in [0.2, 0.25) is 0 Å². The molecule has 0 spiro atoms. The van der Waals surface area contributed by atoms with Crippen LogP contribution in [0.3, 0.4) is 0 Å². The molecular weight excluding hydrogens is 1230 g/mol. The minimum absolute atomic E-state index is 0.178. The van der Waals surface area contributed by atoms with Crippen LogP contribution < -0.4 is 0 Å². The quantitative estimate of drug-likeness (QED) is 0.303. The first-order valence-electron chi connectivity index (χ1n) is 2.78. The van der Waals surface area contributed by atoms with Gasteiger partial charge in [-0.2, -0.15) is 0 Å². The molecule has 0 unspecified atom stereocenters. The Hall–Kier alpha value is 7.88. The van der Waals surface area contributed by atoms with Crippen molar-refractivity contribution in [3.63, 3.8) is 0 Å². The van der Waals surface area contributed by atoms with E-state index in [9.17, 15) is 4.46 Å². The van der Waals surface area contributed by atoms with Crippen LogP contribution in [0.2, 0.25) is 0 Å². The van der Waals surface area contributed by atoms with Crippen LogP contribution in [0.15, 0.2) is 0 Å². The maximum atomic E-state index is 11.4. The fourth-order valence-corrected chi connectivity index (χ4v) is 710. The Bertz CT molecular complexity index is 167. The van der Waals surface area contributed by atoms with Gasteiger partial charge < -0.3 is 0 Å². The molecule has 94 valence electrons. The van der Waals surface area contributed by atoms with Gasteiger partial charge in [0, 0.05) is 0 Å². The van der Waals surface area contributed by atoms with E-state index in [0.29, 0.717) is 75.4 Å². The fraction of sp³-hybridized carbons (Fsp3) is 0. The van der Waals surface area contributed by atoms with E-state index in [-0.39, 0.29) is 31.9 Å². The fourth-order valence-electron chi connectivity index (χ4n) is 0.211. The molecule has 1 aliphatic rings. The van der Waals surface area contributed by atoms with E-state index in [4.69, 9.17) is 6.16 Å². The summed E-state index contributed by atoms with van der Waals surface area (Å²) in [6.07, 6.45) is 0. The molecule has 0 aromatic rings. The summed E-state index contributed by atoms with van der Waals surface area (Å²) in [5.74, 6) is 0. The van der Waals surface area contributed by atoms with Gasteiger partial charge in [-0.1, -0.05) is 0 Å². The summed E-state index contributed by atoms with van der Waals surface area (Å²) in [7, 11) is -1.91. The predicted molar refractivity (Wildman–Crippen MR) is 8.61 cm³/mol. The first kappa shape index (κ1) is 21.9.